The van der Waals surface area contributed by atoms with Gasteiger partial charge in [0.1, 0.15) is 0 Å². The van der Waals surface area contributed by atoms with Crippen molar-refractivity contribution < 1.29 is 0 Å². The number of piperidine rings is 1. The molecule has 0 aromatic carbocycles. The lowest BCUT2D eigenvalue weighted by molar-refractivity contribution is 0.135. The van der Waals surface area contributed by atoms with E-state index in [1.165, 1.54) is 42.7 Å². The third-order valence-electron chi connectivity index (χ3n) is 4.30. The van der Waals surface area contributed by atoms with Gasteiger partial charge in [-0.15, -0.1) is 11.3 Å². The minimum atomic E-state index is 0.470. The molecule has 2 fully saturated rings. The van der Waals surface area contributed by atoms with E-state index in [2.05, 4.69) is 29.5 Å². The number of hydrogen-bond donors (Lipinski definition) is 2. The number of nitrogens with one attached hydrogen (secondary N) is 2. The molecule has 2 N–H and O–H groups in total. The molecule has 2 heterocycles. The lowest BCUT2D eigenvalue weighted by Gasteiger charge is -2.48. The van der Waals surface area contributed by atoms with E-state index < -0.39 is 0 Å². The summed E-state index contributed by atoms with van der Waals surface area (Å²) in [6.45, 7) is 5.39. The van der Waals surface area contributed by atoms with Crippen molar-refractivity contribution in [2.24, 2.45) is 0 Å². The number of thiazole rings is 1. The van der Waals surface area contributed by atoms with Crippen LogP contribution in [0.4, 0.5) is 5.13 Å². The van der Waals surface area contributed by atoms with Crippen molar-refractivity contribution in [3.63, 3.8) is 0 Å². The van der Waals surface area contributed by atoms with Crippen LogP contribution in [0.2, 0.25) is 0 Å². The monoisotopic (exact) mass is 251 g/mol. The van der Waals surface area contributed by atoms with Gasteiger partial charge in [0, 0.05) is 16.5 Å². The van der Waals surface area contributed by atoms with Gasteiger partial charge in [0.15, 0.2) is 5.13 Å². The molecule has 0 radical (unpaired) electrons. The number of nitrogens with zero attached hydrogens (tertiary/aromatic N) is 1. The van der Waals surface area contributed by atoms with E-state index in [-0.39, 0.29) is 0 Å². The molecule has 3 rings (SSSR count). The van der Waals surface area contributed by atoms with Gasteiger partial charge in [-0.25, -0.2) is 4.98 Å². The van der Waals surface area contributed by atoms with Crippen molar-refractivity contribution in [1.82, 2.24) is 10.3 Å². The Hall–Kier alpha value is -0.610. The highest BCUT2D eigenvalue weighted by atomic mass is 32.1. The van der Waals surface area contributed by atoms with Gasteiger partial charge in [0.25, 0.3) is 0 Å². The summed E-state index contributed by atoms with van der Waals surface area (Å²) < 4.78 is 0. The SMILES string of the molecule is Cc1nc(NC2CCNC3(CCC3)C2)sc1C. The van der Waals surface area contributed by atoms with Crippen LogP contribution in [-0.2, 0) is 0 Å². The average Bonchev–Trinajstić information content (AvgIpc) is 2.56. The molecule has 94 valence electrons. The molecule has 0 amide bonds. The Labute approximate surface area is 107 Å². The fourth-order valence-electron chi connectivity index (χ4n) is 2.97. The van der Waals surface area contributed by atoms with Crippen LogP contribution < -0.4 is 10.6 Å². The third-order valence-corrected chi connectivity index (χ3v) is 5.30. The molecule has 1 spiro atoms. The van der Waals surface area contributed by atoms with Crippen molar-refractivity contribution in [3.05, 3.63) is 10.6 Å². The second-order valence-corrected chi connectivity index (χ2v) is 6.76. The van der Waals surface area contributed by atoms with Crippen LogP contribution in [0.15, 0.2) is 0 Å². The summed E-state index contributed by atoms with van der Waals surface area (Å²) in [7, 11) is 0. The van der Waals surface area contributed by atoms with Crippen LogP contribution in [-0.4, -0.2) is 23.1 Å². The van der Waals surface area contributed by atoms with E-state index in [1.54, 1.807) is 11.3 Å². The maximum absolute atomic E-state index is 4.58. The molecule has 2 aliphatic rings. The second-order valence-electron chi connectivity index (χ2n) is 5.56. The Morgan fingerprint density at radius 2 is 2.24 bits per heavy atom. The fraction of sp³-hybridized carbons (Fsp3) is 0.769. The molecule has 1 unspecified atom stereocenters. The van der Waals surface area contributed by atoms with Gasteiger partial charge in [-0.2, -0.15) is 0 Å². The summed E-state index contributed by atoms with van der Waals surface area (Å²) >= 11 is 1.79. The zero-order valence-corrected chi connectivity index (χ0v) is 11.5. The van der Waals surface area contributed by atoms with Crippen molar-refractivity contribution in [3.8, 4) is 0 Å². The Morgan fingerprint density at radius 3 is 2.82 bits per heavy atom. The summed E-state index contributed by atoms with van der Waals surface area (Å²) in [5.41, 5.74) is 1.64. The van der Waals surface area contributed by atoms with Gasteiger partial charge in [-0.1, -0.05) is 0 Å². The summed E-state index contributed by atoms with van der Waals surface area (Å²) in [6, 6.07) is 0.612. The van der Waals surface area contributed by atoms with E-state index >= 15 is 0 Å². The first kappa shape index (κ1) is 11.5. The minimum absolute atomic E-state index is 0.470. The van der Waals surface area contributed by atoms with E-state index in [1.807, 2.05) is 0 Å². The zero-order valence-electron chi connectivity index (χ0n) is 10.7. The van der Waals surface area contributed by atoms with Crippen molar-refractivity contribution in [1.29, 1.82) is 0 Å². The first-order valence-corrected chi connectivity index (χ1v) is 7.44. The largest absolute Gasteiger partial charge is 0.359 e. The van der Waals surface area contributed by atoms with Crippen LogP contribution in [0.1, 0.15) is 42.7 Å². The van der Waals surface area contributed by atoms with Gasteiger partial charge in [-0.3, -0.25) is 0 Å². The van der Waals surface area contributed by atoms with Crippen molar-refractivity contribution in [2.45, 2.75) is 57.5 Å². The summed E-state index contributed by atoms with van der Waals surface area (Å²) in [6.07, 6.45) is 6.61. The van der Waals surface area contributed by atoms with Gasteiger partial charge >= 0.3 is 0 Å². The van der Waals surface area contributed by atoms with Crippen LogP contribution in [0.5, 0.6) is 0 Å². The van der Waals surface area contributed by atoms with Crippen LogP contribution in [0.25, 0.3) is 0 Å². The summed E-state index contributed by atoms with van der Waals surface area (Å²) in [4.78, 5) is 5.92. The highest BCUT2D eigenvalue weighted by molar-refractivity contribution is 7.15. The smallest absolute Gasteiger partial charge is 0.183 e. The third kappa shape index (κ3) is 2.20. The molecular weight excluding hydrogens is 230 g/mol. The lowest BCUT2D eigenvalue weighted by Crippen LogP contribution is -2.58. The van der Waals surface area contributed by atoms with Crippen LogP contribution >= 0.6 is 11.3 Å². The molecule has 1 saturated carbocycles. The molecule has 1 aliphatic carbocycles. The standard InChI is InChI=1S/C13H21N3S/c1-9-10(2)17-12(15-9)16-11-4-7-14-13(8-11)5-3-6-13/h11,14H,3-8H2,1-2H3,(H,15,16). The molecule has 17 heavy (non-hydrogen) atoms. The average molecular weight is 251 g/mol. The number of aryl methyl sites for hydroxylation is 2. The molecule has 3 nitrogen and oxygen atoms in total. The molecular formula is C13H21N3S. The predicted molar refractivity (Wildman–Crippen MR) is 72.8 cm³/mol. The van der Waals surface area contributed by atoms with Gasteiger partial charge in [-0.05, 0) is 52.5 Å². The molecule has 1 saturated heterocycles. The van der Waals surface area contributed by atoms with Crippen molar-refractivity contribution >= 4 is 16.5 Å². The zero-order chi connectivity index (χ0) is 11.9. The first-order valence-electron chi connectivity index (χ1n) is 6.62. The topological polar surface area (TPSA) is 37.0 Å². The molecule has 1 aromatic rings. The van der Waals surface area contributed by atoms with E-state index in [9.17, 15) is 0 Å². The molecule has 0 bridgehead atoms. The van der Waals surface area contributed by atoms with Crippen LogP contribution in [0, 0.1) is 13.8 Å². The van der Waals surface area contributed by atoms with Gasteiger partial charge in [0.05, 0.1) is 5.69 Å². The Morgan fingerprint density at radius 1 is 1.41 bits per heavy atom. The number of hydrogen-bond acceptors (Lipinski definition) is 4. The highest BCUT2D eigenvalue weighted by Gasteiger charge is 2.40. The Kier molecular flexibility index (Phi) is 2.87. The fourth-order valence-corrected chi connectivity index (χ4v) is 3.87. The quantitative estimate of drug-likeness (QED) is 0.848. The van der Waals surface area contributed by atoms with Crippen molar-refractivity contribution in [2.75, 3.05) is 11.9 Å². The van der Waals surface area contributed by atoms with E-state index in [4.69, 9.17) is 0 Å². The molecule has 1 aliphatic heterocycles. The lowest BCUT2D eigenvalue weighted by atomic mass is 9.70. The maximum atomic E-state index is 4.58. The van der Waals surface area contributed by atoms with E-state index in [0.29, 0.717) is 11.6 Å². The van der Waals surface area contributed by atoms with Gasteiger partial charge < -0.3 is 10.6 Å². The molecule has 4 heteroatoms. The number of anilines is 1. The molecule has 1 atom stereocenters. The Balaban J connectivity index is 1.64. The minimum Gasteiger partial charge on any atom is -0.359 e. The summed E-state index contributed by atoms with van der Waals surface area (Å²) in [5.74, 6) is 0. The molecule has 1 aromatic heterocycles. The maximum Gasteiger partial charge on any atom is 0.183 e. The number of rotatable bonds is 2. The summed E-state index contributed by atoms with van der Waals surface area (Å²) in [5, 5.41) is 8.45. The highest BCUT2D eigenvalue weighted by Crippen LogP contribution is 2.39. The van der Waals surface area contributed by atoms with Gasteiger partial charge in [0.2, 0.25) is 0 Å². The second kappa shape index (κ2) is 4.25. The predicted octanol–water partition coefficient (Wildman–Crippen LogP) is 2.85. The number of aromatic nitrogens is 1. The van der Waals surface area contributed by atoms with Crippen LogP contribution in [0.3, 0.4) is 0 Å². The first-order chi connectivity index (χ1) is 8.17. The van der Waals surface area contributed by atoms with E-state index in [0.717, 1.165) is 11.7 Å². The Bertz CT molecular complexity index is 389. The normalized spacial score (nSPS) is 26.8.